The summed E-state index contributed by atoms with van der Waals surface area (Å²) in [6.45, 7) is 1.15. The van der Waals surface area contributed by atoms with Gasteiger partial charge in [0.1, 0.15) is 12.0 Å². The summed E-state index contributed by atoms with van der Waals surface area (Å²) < 4.78 is 10.5. The van der Waals surface area contributed by atoms with Gasteiger partial charge in [0, 0.05) is 0 Å². The lowest BCUT2D eigenvalue weighted by Crippen LogP contribution is -2.38. The molecule has 0 radical (unpaired) electrons. The van der Waals surface area contributed by atoms with Crippen molar-refractivity contribution in [3.8, 4) is 6.07 Å². The van der Waals surface area contributed by atoms with Gasteiger partial charge in [-0.25, -0.2) is 0 Å². The summed E-state index contributed by atoms with van der Waals surface area (Å²) >= 11 is 0. The highest BCUT2D eigenvalue weighted by molar-refractivity contribution is 5.92. The lowest BCUT2D eigenvalue weighted by Gasteiger charge is -2.23. The molecule has 0 amide bonds. The molecule has 2 unspecified atom stereocenters. The van der Waals surface area contributed by atoms with Gasteiger partial charge in [0.2, 0.25) is 0 Å². The second kappa shape index (κ2) is 5.58. The fourth-order valence-electron chi connectivity index (χ4n) is 1.79. The minimum Gasteiger partial charge on any atom is -0.376 e. The maximum Gasteiger partial charge on any atom is 0.185 e. The van der Waals surface area contributed by atoms with Gasteiger partial charge < -0.3 is 9.47 Å². The SMILES string of the molecule is N#CC(C(=O)C1COCCO1)c1ccccc1. The third kappa shape index (κ3) is 2.70. The van der Waals surface area contributed by atoms with Gasteiger partial charge in [-0.05, 0) is 5.56 Å². The Kier molecular flexibility index (Phi) is 3.86. The average molecular weight is 231 g/mol. The standard InChI is InChI=1S/C13H13NO3/c14-8-11(10-4-2-1-3-5-10)13(15)12-9-16-6-7-17-12/h1-5,11-12H,6-7,9H2. The third-order valence-electron chi connectivity index (χ3n) is 2.68. The Balaban J connectivity index is 2.13. The minimum absolute atomic E-state index is 0.224. The summed E-state index contributed by atoms with van der Waals surface area (Å²) in [5.74, 6) is -0.999. The highest BCUT2D eigenvalue weighted by Gasteiger charge is 2.30. The molecule has 1 aromatic carbocycles. The van der Waals surface area contributed by atoms with Crippen molar-refractivity contribution in [3.63, 3.8) is 0 Å². The number of hydrogen-bond acceptors (Lipinski definition) is 4. The van der Waals surface area contributed by atoms with Crippen LogP contribution in [0.2, 0.25) is 0 Å². The molecule has 0 aliphatic carbocycles. The number of ketones is 1. The van der Waals surface area contributed by atoms with Crippen LogP contribution in [0.5, 0.6) is 0 Å². The maximum absolute atomic E-state index is 12.1. The van der Waals surface area contributed by atoms with E-state index in [0.29, 0.717) is 18.8 Å². The Morgan fingerprint density at radius 2 is 2.12 bits per heavy atom. The molecule has 0 aromatic heterocycles. The largest absolute Gasteiger partial charge is 0.376 e. The van der Waals surface area contributed by atoms with Crippen LogP contribution in [0.25, 0.3) is 0 Å². The van der Waals surface area contributed by atoms with Crippen molar-refractivity contribution in [3.05, 3.63) is 35.9 Å². The van der Waals surface area contributed by atoms with Gasteiger partial charge in [0.25, 0.3) is 0 Å². The molecule has 1 aromatic rings. The normalized spacial score (nSPS) is 21.5. The molecule has 4 heteroatoms. The van der Waals surface area contributed by atoms with E-state index >= 15 is 0 Å². The highest BCUT2D eigenvalue weighted by atomic mass is 16.6. The van der Waals surface area contributed by atoms with E-state index in [1.165, 1.54) is 0 Å². The van der Waals surface area contributed by atoms with E-state index in [0.717, 1.165) is 0 Å². The number of rotatable bonds is 3. The molecule has 1 saturated heterocycles. The molecule has 0 saturated carbocycles. The number of ether oxygens (including phenoxy) is 2. The predicted molar refractivity (Wildman–Crippen MR) is 60.4 cm³/mol. The monoisotopic (exact) mass is 231 g/mol. The fraction of sp³-hybridized carbons (Fsp3) is 0.385. The van der Waals surface area contributed by atoms with E-state index in [2.05, 4.69) is 0 Å². The van der Waals surface area contributed by atoms with Gasteiger partial charge in [-0.3, -0.25) is 4.79 Å². The zero-order valence-electron chi connectivity index (χ0n) is 9.33. The topological polar surface area (TPSA) is 59.3 Å². The number of benzene rings is 1. The van der Waals surface area contributed by atoms with Gasteiger partial charge in [-0.15, -0.1) is 0 Å². The Morgan fingerprint density at radius 1 is 1.35 bits per heavy atom. The van der Waals surface area contributed by atoms with Gasteiger partial charge in [-0.1, -0.05) is 30.3 Å². The molecular formula is C13H13NO3. The van der Waals surface area contributed by atoms with Crippen molar-refractivity contribution < 1.29 is 14.3 Å². The molecule has 0 N–H and O–H groups in total. The second-order valence-corrected chi connectivity index (χ2v) is 3.81. The van der Waals surface area contributed by atoms with Gasteiger partial charge in [0.15, 0.2) is 5.78 Å². The number of hydrogen-bond donors (Lipinski definition) is 0. The Bertz CT molecular complexity index is 418. The molecule has 17 heavy (non-hydrogen) atoms. The molecule has 1 fully saturated rings. The molecule has 0 spiro atoms. The first-order valence-corrected chi connectivity index (χ1v) is 5.50. The zero-order chi connectivity index (χ0) is 12.1. The molecule has 88 valence electrons. The van der Waals surface area contributed by atoms with E-state index < -0.39 is 12.0 Å². The zero-order valence-corrected chi connectivity index (χ0v) is 9.33. The van der Waals surface area contributed by atoms with E-state index in [-0.39, 0.29) is 12.4 Å². The van der Waals surface area contributed by atoms with Crippen molar-refractivity contribution >= 4 is 5.78 Å². The van der Waals surface area contributed by atoms with E-state index in [1.807, 2.05) is 24.3 Å². The summed E-state index contributed by atoms with van der Waals surface area (Å²) in [5, 5.41) is 9.11. The third-order valence-corrected chi connectivity index (χ3v) is 2.68. The van der Waals surface area contributed by atoms with Crippen molar-refractivity contribution in [2.24, 2.45) is 0 Å². The minimum atomic E-state index is -0.775. The van der Waals surface area contributed by atoms with Crippen LogP contribution in [-0.2, 0) is 14.3 Å². The smallest absolute Gasteiger partial charge is 0.185 e. The first-order valence-electron chi connectivity index (χ1n) is 5.50. The molecule has 0 bridgehead atoms. The first-order chi connectivity index (χ1) is 8.33. The summed E-state index contributed by atoms with van der Waals surface area (Å²) in [5.41, 5.74) is 0.703. The summed E-state index contributed by atoms with van der Waals surface area (Å²) in [6.07, 6.45) is -0.617. The average Bonchev–Trinajstić information content (AvgIpc) is 2.42. The summed E-state index contributed by atoms with van der Waals surface area (Å²) in [4.78, 5) is 12.1. The molecule has 1 heterocycles. The lowest BCUT2D eigenvalue weighted by atomic mass is 9.93. The van der Waals surface area contributed by atoms with E-state index in [9.17, 15) is 4.79 Å². The molecule has 1 aliphatic heterocycles. The van der Waals surface area contributed by atoms with Crippen LogP contribution >= 0.6 is 0 Å². The Hall–Kier alpha value is -1.70. The molecule has 4 nitrogen and oxygen atoms in total. The predicted octanol–water partition coefficient (Wildman–Crippen LogP) is 1.28. The number of carbonyl (C=O) groups excluding carboxylic acids is 1. The fourth-order valence-corrected chi connectivity index (χ4v) is 1.79. The van der Waals surface area contributed by atoms with Crippen molar-refractivity contribution in [1.82, 2.24) is 0 Å². The van der Waals surface area contributed by atoms with Gasteiger partial charge in [0.05, 0.1) is 25.9 Å². The summed E-state index contributed by atoms with van der Waals surface area (Å²) in [7, 11) is 0. The number of nitrogens with zero attached hydrogens (tertiary/aromatic N) is 1. The van der Waals surface area contributed by atoms with Crippen LogP contribution in [0.1, 0.15) is 11.5 Å². The quantitative estimate of drug-likeness (QED) is 0.786. The van der Waals surface area contributed by atoms with Crippen LogP contribution in [0, 0.1) is 11.3 Å². The van der Waals surface area contributed by atoms with Gasteiger partial charge in [-0.2, -0.15) is 5.26 Å². The number of nitriles is 1. The molecule has 2 rings (SSSR count). The highest BCUT2D eigenvalue weighted by Crippen LogP contribution is 2.19. The van der Waals surface area contributed by atoms with Crippen LogP contribution in [0.3, 0.4) is 0 Å². The first kappa shape index (κ1) is 11.8. The van der Waals surface area contributed by atoms with E-state index in [1.54, 1.807) is 12.1 Å². The van der Waals surface area contributed by atoms with Crippen molar-refractivity contribution in [2.45, 2.75) is 12.0 Å². The van der Waals surface area contributed by atoms with Crippen LogP contribution in [0.4, 0.5) is 0 Å². The Morgan fingerprint density at radius 3 is 2.71 bits per heavy atom. The van der Waals surface area contributed by atoms with Crippen LogP contribution in [0.15, 0.2) is 30.3 Å². The number of Topliss-reactive ketones (excluding diaryl/α,β-unsaturated/α-hetero) is 1. The molecule has 1 aliphatic rings. The maximum atomic E-state index is 12.1. The van der Waals surface area contributed by atoms with Gasteiger partial charge >= 0.3 is 0 Å². The molecule has 2 atom stereocenters. The Labute approximate surface area is 99.8 Å². The van der Waals surface area contributed by atoms with E-state index in [4.69, 9.17) is 14.7 Å². The lowest BCUT2D eigenvalue weighted by molar-refractivity contribution is -0.145. The number of carbonyl (C=O) groups is 1. The van der Waals surface area contributed by atoms with Crippen LogP contribution in [-0.4, -0.2) is 31.7 Å². The van der Waals surface area contributed by atoms with Crippen molar-refractivity contribution in [1.29, 1.82) is 5.26 Å². The summed E-state index contributed by atoms with van der Waals surface area (Å²) in [6, 6.07) is 11.0. The van der Waals surface area contributed by atoms with Crippen molar-refractivity contribution in [2.75, 3.05) is 19.8 Å². The second-order valence-electron chi connectivity index (χ2n) is 3.81. The molecular weight excluding hydrogens is 218 g/mol. The van der Waals surface area contributed by atoms with Crippen LogP contribution < -0.4 is 0 Å².